The van der Waals surface area contributed by atoms with Crippen LogP contribution in [0.2, 0.25) is 0 Å². The molecule has 19 heavy (non-hydrogen) atoms. The molecule has 1 atom stereocenters. The van der Waals surface area contributed by atoms with E-state index in [-0.39, 0.29) is 6.10 Å². The second-order valence-electron chi connectivity index (χ2n) is 5.00. The lowest BCUT2D eigenvalue weighted by Gasteiger charge is -2.19. The van der Waals surface area contributed by atoms with Gasteiger partial charge in [-0.25, -0.2) is 0 Å². The van der Waals surface area contributed by atoms with Gasteiger partial charge in [0.2, 0.25) is 0 Å². The fraction of sp³-hybridized carbons (Fsp3) is 0.294. The number of nitrogens with two attached hydrogens (primary N) is 1. The molecular weight excluding hydrogens is 234 g/mol. The van der Waals surface area contributed by atoms with Gasteiger partial charge in [-0.15, -0.1) is 0 Å². The van der Waals surface area contributed by atoms with Crippen LogP contribution < -0.4 is 10.5 Å². The molecular formula is C17H21NO. The lowest BCUT2D eigenvalue weighted by atomic mass is 10.0. The highest BCUT2D eigenvalue weighted by Crippen LogP contribution is 2.23. The quantitative estimate of drug-likeness (QED) is 0.904. The summed E-state index contributed by atoms with van der Waals surface area (Å²) in [6, 6.07) is 14.4. The molecule has 2 heteroatoms. The molecule has 0 amide bonds. The van der Waals surface area contributed by atoms with Gasteiger partial charge in [0.15, 0.2) is 0 Å². The Labute approximate surface area is 115 Å². The third-order valence-electron chi connectivity index (χ3n) is 3.42. The van der Waals surface area contributed by atoms with E-state index < -0.39 is 0 Å². The van der Waals surface area contributed by atoms with E-state index in [9.17, 15) is 0 Å². The van der Waals surface area contributed by atoms with Crippen molar-refractivity contribution in [2.75, 3.05) is 6.54 Å². The van der Waals surface area contributed by atoms with Crippen molar-refractivity contribution in [3.8, 4) is 5.75 Å². The second kappa shape index (κ2) is 5.89. The molecule has 2 aromatic carbocycles. The summed E-state index contributed by atoms with van der Waals surface area (Å²) in [5.41, 5.74) is 10.8. The molecule has 0 aliphatic carbocycles. The summed E-state index contributed by atoms with van der Waals surface area (Å²) in [4.78, 5) is 0. The maximum absolute atomic E-state index is 5.97. The minimum atomic E-state index is -0.0954. The van der Waals surface area contributed by atoms with E-state index >= 15 is 0 Å². The van der Waals surface area contributed by atoms with Crippen molar-refractivity contribution in [1.29, 1.82) is 0 Å². The van der Waals surface area contributed by atoms with Gasteiger partial charge in [0.1, 0.15) is 11.9 Å². The van der Waals surface area contributed by atoms with Gasteiger partial charge in [0.25, 0.3) is 0 Å². The number of ether oxygens (including phenoxy) is 1. The Balaban J connectivity index is 2.19. The standard InChI is InChI=1S/C17H21NO/c1-12-4-8-16(9-5-12)19-17(11-18)15-7-6-13(2)14(3)10-15/h4-10,17H,11,18H2,1-3H3. The van der Waals surface area contributed by atoms with Gasteiger partial charge in [-0.1, -0.05) is 35.9 Å². The normalized spacial score (nSPS) is 12.2. The third-order valence-corrected chi connectivity index (χ3v) is 3.42. The van der Waals surface area contributed by atoms with Gasteiger partial charge in [-0.05, 0) is 49.6 Å². The zero-order valence-corrected chi connectivity index (χ0v) is 11.8. The van der Waals surface area contributed by atoms with Crippen molar-refractivity contribution in [3.05, 3.63) is 64.7 Å². The molecule has 0 saturated carbocycles. The van der Waals surface area contributed by atoms with Crippen LogP contribution in [0.25, 0.3) is 0 Å². The van der Waals surface area contributed by atoms with Crippen LogP contribution in [0.4, 0.5) is 0 Å². The summed E-state index contributed by atoms with van der Waals surface area (Å²) in [5.74, 6) is 0.860. The van der Waals surface area contributed by atoms with Crippen LogP contribution in [0.3, 0.4) is 0 Å². The molecule has 1 unspecified atom stereocenters. The van der Waals surface area contributed by atoms with Crippen LogP contribution in [0, 0.1) is 20.8 Å². The largest absolute Gasteiger partial charge is 0.484 e. The molecule has 0 saturated heterocycles. The van der Waals surface area contributed by atoms with Gasteiger partial charge in [-0.3, -0.25) is 0 Å². The lowest BCUT2D eigenvalue weighted by Crippen LogP contribution is -2.18. The fourth-order valence-electron chi connectivity index (χ4n) is 2.00. The van der Waals surface area contributed by atoms with E-state index in [0.717, 1.165) is 11.3 Å². The average Bonchev–Trinajstić information content (AvgIpc) is 2.41. The first-order valence-electron chi connectivity index (χ1n) is 6.60. The highest BCUT2D eigenvalue weighted by atomic mass is 16.5. The van der Waals surface area contributed by atoms with Crippen molar-refractivity contribution in [3.63, 3.8) is 0 Å². The first-order valence-corrected chi connectivity index (χ1v) is 6.60. The smallest absolute Gasteiger partial charge is 0.136 e. The number of hydrogen-bond acceptors (Lipinski definition) is 2. The number of rotatable bonds is 4. The average molecular weight is 255 g/mol. The van der Waals surface area contributed by atoms with E-state index in [2.05, 4.69) is 39.0 Å². The van der Waals surface area contributed by atoms with Gasteiger partial charge < -0.3 is 10.5 Å². The molecule has 2 rings (SSSR count). The summed E-state index contributed by atoms with van der Waals surface area (Å²) in [7, 11) is 0. The van der Waals surface area contributed by atoms with Gasteiger partial charge in [0.05, 0.1) is 0 Å². The second-order valence-corrected chi connectivity index (χ2v) is 5.00. The molecule has 2 aromatic rings. The minimum Gasteiger partial charge on any atom is -0.484 e. The topological polar surface area (TPSA) is 35.2 Å². The molecule has 0 radical (unpaired) electrons. The Hall–Kier alpha value is -1.80. The maximum Gasteiger partial charge on any atom is 0.136 e. The van der Waals surface area contributed by atoms with Crippen molar-refractivity contribution in [2.24, 2.45) is 5.73 Å². The summed E-state index contributed by atoms with van der Waals surface area (Å²) in [6.07, 6.45) is -0.0954. The molecule has 0 aliphatic rings. The molecule has 0 bridgehead atoms. The van der Waals surface area contributed by atoms with Gasteiger partial charge in [0, 0.05) is 6.54 Å². The first-order chi connectivity index (χ1) is 9.10. The summed E-state index contributed by atoms with van der Waals surface area (Å²) in [6.45, 7) is 6.75. The van der Waals surface area contributed by atoms with Crippen LogP contribution in [-0.4, -0.2) is 6.54 Å². The van der Waals surface area contributed by atoms with Crippen LogP contribution in [-0.2, 0) is 0 Å². The van der Waals surface area contributed by atoms with Crippen molar-refractivity contribution in [2.45, 2.75) is 26.9 Å². The Morgan fingerprint density at radius 3 is 2.21 bits per heavy atom. The van der Waals surface area contributed by atoms with Crippen LogP contribution in [0.5, 0.6) is 5.75 Å². The Bertz CT molecular complexity index is 546. The molecule has 0 aromatic heterocycles. The number of benzene rings is 2. The zero-order valence-electron chi connectivity index (χ0n) is 11.8. The lowest BCUT2D eigenvalue weighted by molar-refractivity contribution is 0.214. The maximum atomic E-state index is 5.97. The third kappa shape index (κ3) is 3.36. The number of aryl methyl sites for hydroxylation is 3. The van der Waals surface area contributed by atoms with Gasteiger partial charge in [-0.2, -0.15) is 0 Å². The Morgan fingerprint density at radius 1 is 0.947 bits per heavy atom. The summed E-state index contributed by atoms with van der Waals surface area (Å²) in [5, 5.41) is 0. The van der Waals surface area contributed by atoms with E-state index in [0.29, 0.717) is 6.54 Å². The molecule has 2 nitrogen and oxygen atoms in total. The van der Waals surface area contributed by atoms with Crippen LogP contribution in [0.15, 0.2) is 42.5 Å². The molecule has 0 aliphatic heterocycles. The van der Waals surface area contributed by atoms with Crippen molar-refractivity contribution in [1.82, 2.24) is 0 Å². The van der Waals surface area contributed by atoms with Crippen molar-refractivity contribution >= 4 is 0 Å². The Morgan fingerprint density at radius 2 is 1.63 bits per heavy atom. The number of hydrogen-bond donors (Lipinski definition) is 1. The SMILES string of the molecule is Cc1ccc(OC(CN)c2ccc(C)c(C)c2)cc1. The Kier molecular flexibility index (Phi) is 4.23. The van der Waals surface area contributed by atoms with E-state index in [1.54, 1.807) is 0 Å². The van der Waals surface area contributed by atoms with E-state index in [4.69, 9.17) is 10.5 Å². The molecule has 100 valence electrons. The van der Waals surface area contributed by atoms with Gasteiger partial charge >= 0.3 is 0 Å². The predicted molar refractivity (Wildman–Crippen MR) is 79.5 cm³/mol. The van der Waals surface area contributed by atoms with E-state index in [1.807, 2.05) is 24.3 Å². The van der Waals surface area contributed by atoms with Crippen molar-refractivity contribution < 1.29 is 4.74 Å². The molecule has 2 N–H and O–H groups in total. The monoisotopic (exact) mass is 255 g/mol. The van der Waals surface area contributed by atoms with E-state index in [1.165, 1.54) is 16.7 Å². The highest BCUT2D eigenvalue weighted by molar-refractivity contribution is 5.33. The fourth-order valence-corrected chi connectivity index (χ4v) is 2.00. The molecule has 0 fully saturated rings. The van der Waals surface area contributed by atoms with Crippen LogP contribution in [0.1, 0.15) is 28.4 Å². The predicted octanol–water partition coefficient (Wildman–Crippen LogP) is 3.69. The summed E-state index contributed by atoms with van der Waals surface area (Å²) >= 11 is 0. The summed E-state index contributed by atoms with van der Waals surface area (Å²) < 4.78 is 5.97. The van der Waals surface area contributed by atoms with Crippen LogP contribution >= 0.6 is 0 Å². The molecule has 0 spiro atoms. The highest BCUT2D eigenvalue weighted by Gasteiger charge is 2.12. The minimum absolute atomic E-state index is 0.0954. The molecule has 0 heterocycles. The first kappa shape index (κ1) is 13.6. The zero-order chi connectivity index (χ0) is 13.8.